The normalized spacial score (nSPS) is 12.1. The molecule has 0 aliphatic rings. The van der Waals surface area contributed by atoms with Crippen molar-refractivity contribution in [2.24, 2.45) is 0 Å². The predicted molar refractivity (Wildman–Crippen MR) is 93.5 cm³/mol. The van der Waals surface area contributed by atoms with E-state index in [4.69, 9.17) is 9.47 Å². The van der Waals surface area contributed by atoms with Gasteiger partial charge in [-0.3, -0.25) is 4.79 Å². The Labute approximate surface area is 140 Å². The molecule has 1 aromatic carbocycles. The van der Waals surface area contributed by atoms with Gasteiger partial charge in [-0.2, -0.15) is 0 Å². The Hall–Kier alpha value is -1.75. The number of hydrogen-bond acceptors (Lipinski definition) is 4. The van der Waals surface area contributed by atoms with Crippen molar-refractivity contribution in [3.63, 3.8) is 0 Å². The van der Waals surface area contributed by atoms with Crippen LogP contribution in [0.25, 0.3) is 0 Å². The fourth-order valence-corrected chi connectivity index (χ4v) is 2.60. The second kappa shape index (κ2) is 10.1. The maximum absolute atomic E-state index is 12.5. The van der Waals surface area contributed by atoms with Gasteiger partial charge in [0.2, 0.25) is 0 Å². The average molecular weight is 322 g/mol. The van der Waals surface area contributed by atoms with Crippen molar-refractivity contribution in [1.29, 1.82) is 0 Å². The first-order chi connectivity index (χ1) is 11.1. The molecule has 0 radical (unpaired) electrons. The molecular weight excluding hydrogens is 292 g/mol. The molecular formula is C18H30N2O3. The SMILES string of the molecule is CCN(CC)CCC[C@@H](C)NC(=O)c1cccc(OC)c1OC. The molecule has 0 bridgehead atoms. The van der Waals surface area contributed by atoms with Crippen LogP contribution in [0.3, 0.4) is 0 Å². The van der Waals surface area contributed by atoms with Crippen LogP contribution >= 0.6 is 0 Å². The van der Waals surface area contributed by atoms with Gasteiger partial charge in [0.1, 0.15) is 0 Å². The van der Waals surface area contributed by atoms with E-state index < -0.39 is 0 Å². The molecule has 0 heterocycles. The van der Waals surface area contributed by atoms with E-state index in [0.29, 0.717) is 17.1 Å². The Morgan fingerprint density at radius 3 is 2.48 bits per heavy atom. The summed E-state index contributed by atoms with van der Waals surface area (Å²) in [4.78, 5) is 14.8. The first kappa shape index (κ1) is 19.3. The van der Waals surface area contributed by atoms with E-state index in [2.05, 4.69) is 24.1 Å². The minimum atomic E-state index is -0.129. The van der Waals surface area contributed by atoms with E-state index >= 15 is 0 Å². The number of nitrogens with one attached hydrogen (secondary N) is 1. The molecule has 130 valence electrons. The summed E-state index contributed by atoms with van der Waals surface area (Å²) in [6.45, 7) is 9.58. The number of hydrogen-bond donors (Lipinski definition) is 1. The van der Waals surface area contributed by atoms with Gasteiger partial charge in [0.25, 0.3) is 5.91 Å². The summed E-state index contributed by atoms with van der Waals surface area (Å²) < 4.78 is 10.6. The van der Waals surface area contributed by atoms with Crippen LogP contribution < -0.4 is 14.8 Å². The number of para-hydroxylation sites is 1. The molecule has 0 aromatic heterocycles. The van der Waals surface area contributed by atoms with E-state index in [1.54, 1.807) is 32.4 Å². The highest BCUT2D eigenvalue weighted by atomic mass is 16.5. The molecule has 23 heavy (non-hydrogen) atoms. The van der Waals surface area contributed by atoms with E-state index in [1.807, 2.05) is 6.92 Å². The van der Waals surface area contributed by atoms with Crippen molar-refractivity contribution in [1.82, 2.24) is 10.2 Å². The van der Waals surface area contributed by atoms with Crippen molar-refractivity contribution in [2.75, 3.05) is 33.9 Å². The zero-order valence-corrected chi connectivity index (χ0v) is 15.0. The average Bonchev–Trinajstić information content (AvgIpc) is 2.57. The molecule has 0 aliphatic carbocycles. The van der Waals surface area contributed by atoms with Crippen molar-refractivity contribution in [3.8, 4) is 11.5 Å². The van der Waals surface area contributed by atoms with Crippen molar-refractivity contribution >= 4 is 5.91 Å². The van der Waals surface area contributed by atoms with Crippen LogP contribution in [0.5, 0.6) is 11.5 Å². The topological polar surface area (TPSA) is 50.8 Å². The number of nitrogens with zero attached hydrogens (tertiary/aromatic N) is 1. The Morgan fingerprint density at radius 1 is 1.22 bits per heavy atom. The lowest BCUT2D eigenvalue weighted by molar-refractivity contribution is 0.0933. The summed E-state index contributed by atoms with van der Waals surface area (Å²) in [6.07, 6.45) is 2.02. The molecule has 5 nitrogen and oxygen atoms in total. The lowest BCUT2D eigenvalue weighted by Crippen LogP contribution is -2.34. The monoisotopic (exact) mass is 322 g/mol. The van der Waals surface area contributed by atoms with Gasteiger partial charge in [-0.25, -0.2) is 0 Å². The number of carbonyl (C=O) groups excluding carboxylic acids is 1. The first-order valence-corrected chi connectivity index (χ1v) is 8.31. The summed E-state index contributed by atoms with van der Waals surface area (Å²) in [5, 5.41) is 3.04. The van der Waals surface area contributed by atoms with E-state index in [9.17, 15) is 4.79 Å². The zero-order valence-electron chi connectivity index (χ0n) is 15.0. The zero-order chi connectivity index (χ0) is 17.2. The quantitative estimate of drug-likeness (QED) is 0.719. The fraction of sp³-hybridized carbons (Fsp3) is 0.611. The predicted octanol–water partition coefficient (Wildman–Crippen LogP) is 2.94. The van der Waals surface area contributed by atoms with Crippen LogP contribution in [0.1, 0.15) is 44.0 Å². The molecule has 1 aromatic rings. The standard InChI is InChI=1S/C18H30N2O3/c1-6-20(7-2)13-9-10-14(3)19-18(21)15-11-8-12-16(22-4)17(15)23-5/h8,11-12,14H,6-7,9-10,13H2,1-5H3,(H,19,21)/t14-/m1/s1. The van der Waals surface area contributed by atoms with Crippen LogP contribution in [0, 0.1) is 0 Å². The Morgan fingerprint density at radius 2 is 1.91 bits per heavy atom. The third kappa shape index (κ3) is 5.75. The highest BCUT2D eigenvalue weighted by Gasteiger charge is 2.17. The van der Waals surface area contributed by atoms with Gasteiger partial charge in [-0.15, -0.1) is 0 Å². The van der Waals surface area contributed by atoms with Crippen LogP contribution in [-0.4, -0.2) is 50.7 Å². The molecule has 5 heteroatoms. The Balaban J connectivity index is 2.59. The van der Waals surface area contributed by atoms with Gasteiger partial charge < -0.3 is 19.7 Å². The van der Waals surface area contributed by atoms with Crippen molar-refractivity contribution < 1.29 is 14.3 Å². The Kier molecular flexibility index (Phi) is 8.48. The third-order valence-electron chi connectivity index (χ3n) is 4.03. The van der Waals surface area contributed by atoms with Crippen molar-refractivity contribution in [2.45, 2.75) is 39.7 Å². The number of methoxy groups -OCH3 is 2. The van der Waals surface area contributed by atoms with Gasteiger partial charge >= 0.3 is 0 Å². The van der Waals surface area contributed by atoms with Gasteiger partial charge in [-0.1, -0.05) is 19.9 Å². The maximum atomic E-state index is 12.5. The molecule has 0 saturated heterocycles. The number of amides is 1. The molecule has 1 N–H and O–H groups in total. The highest BCUT2D eigenvalue weighted by molar-refractivity contribution is 5.97. The first-order valence-electron chi connectivity index (χ1n) is 8.31. The molecule has 1 amide bonds. The summed E-state index contributed by atoms with van der Waals surface area (Å²) in [6, 6.07) is 5.44. The molecule has 0 fully saturated rings. The van der Waals surface area contributed by atoms with Crippen LogP contribution in [0.2, 0.25) is 0 Å². The number of rotatable bonds is 10. The molecule has 1 atom stereocenters. The van der Waals surface area contributed by atoms with Gasteiger partial charge in [-0.05, 0) is 51.5 Å². The summed E-state index contributed by atoms with van der Waals surface area (Å²) in [5.74, 6) is 0.910. The Bertz CT molecular complexity index is 487. The third-order valence-corrected chi connectivity index (χ3v) is 4.03. The molecule has 0 aliphatic heterocycles. The largest absolute Gasteiger partial charge is 0.493 e. The molecule has 0 unspecified atom stereocenters. The summed E-state index contributed by atoms with van der Waals surface area (Å²) in [5.41, 5.74) is 0.502. The second-order valence-electron chi connectivity index (χ2n) is 5.58. The number of benzene rings is 1. The minimum absolute atomic E-state index is 0.119. The summed E-state index contributed by atoms with van der Waals surface area (Å²) in [7, 11) is 3.11. The number of carbonyl (C=O) groups is 1. The van der Waals surface area contributed by atoms with E-state index in [1.165, 1.54) is 0 Å². The minimum Gasteiger partial charge on any atom is -0.493 e. The molecule has 1 rings (SSSR count). The summed E-state index contributed by atoms with van der Waals surface area (Å²) >= 11 is 0. The van der Waals surface area contributed by atoms with E-state index in [0.717, 1.165) is 32.5 Å². The smallest absolute Gasteiger partial charge is 0.255 e. The fourth-order valence-electron chi connectivity index (χ4n) is 2.60. The van der Waals surface area contributed by atoms with Gasteiger partial charge in [0, 0.05) is 6.04 Å². The molecule has 0 saturated carbocycles. The lowest BCUT2D eigenvalue weighted by atomic mass is 10.1. The second-order valence-corrected chi connectivity index (χ2v) is 5.58. The lowest BCUT2D eigenvalue weighted by Gasteiger charge is -2.20. The number of ether oxygens (including phenoxy) is 2. The van der Waals surface area contributed by atoms with E-state index in [-0.39, 0.29) is 11.9 Å². The molecule has 0 spiro atoms. The van der Waals surface area contributed by atoms with Crippen LogP contribution in [0.15, 0.2) is 18.2 Å². The highest BCUT2D eigenvalue weighted by Crippen LogP contribution is 2.30. The maximum Gasteiger partial charge on any atom is 0.255 e. The van der Waals surface area contributed by atoms with Crippen molar-refractivity contribution in [3.05, 3.63) is 23.8 Å². The van der Waals surface area contributed by atoms with Crippen LogP contribution in [-0.2, 0) is 0 Å². The van der Waals surface area contributed by atoms with Gasteiger partial charge in [0.15, 0.2) is 11.5 Å². The van der Waals surface area contributed by atoms with Gasteiger partial charge in [0.05, 0.1) is 19.8 Å². The van der Waals surface area contributed by atoms with Crippen LogP contribution in [0.4, 0.5) is 0 Å².